The van der Waals surface area contributed by atoms with E-state index in [1.54, 1.807) is 31.4 Å². The minimum absolute atomic E-state index is 0.0696. The molecule has 2 N–H and O–H groups in total. The van der Waals surface area contributed by atoms with E-state index >= 15 is 0 Å². The molecule has 1 atom stereocenters. The molecule has 0 radical (unpaired) electrons. The highest BCUT2D eigenvalue weighted by molar-refractivity contribution is 6.00. The summed E-state index contributed by atoms with van der Waals surface area (Å²) in [7, 11) is 1.56. The lowest BCUT2D eigenvalue weighted by molar-refractivity contribution is -0.383. The summed E-state index contributed by atoms with van der Waals surface area (Å²) in [6.45, 7) is 1.51. The Kier molecular flexibility index (Phi) is 6.03. The van der Waals surface area contributed by atoms with E-state index in [4.69, 9.17) is 14.2 Å². The number of carbonyl (C=O) groups is 1. The summed E-state index contributed by atoms with van der Waals surface area (Å²) in [5, 5.41) is 14.6. The van der Waals surface area contributed by atoms with Crippen LogP contribution in [-0.2, 0) is 11.3 Å². The van der Waals surface area contributed by atoms with Crippen LogP contribution in [-0.4, -0.2) is 42.2 Å². The van der Waals surface area contributed by atoms with Gasteiger partial charge in [-0.3, -0.25) is 14.9 Å². The van der Waals surface area contributed by atoms with E-state index in [9.17, 15) is 14.9 Å². The van der Waals surface area contributed by atoms with Gasteiger partial charge in [0.05, 0.1) is 18.1 Å². The third-order valence-electron chi connectivity index (χ3n) is 5.21. The molecule has 0 unspecified atom stereocenters. The first-order valence-electron chi connectivity index (χ1n) is 10.0. The number of nitrogens with zero attached hydrogens (tertiary/aromatic N) is 1. The van der Waals surface area contributed by atoms with E-state index in [1.807, 2.05) is 12.1 Å². The first-order valence-corrected chi connectivity index (χ1v) is 10.0. The molecule has 0 spiro atoms. The second-order valence-corrected chi connectivity index (χ2v) is 7.30. The van der Waals surface area contributed by atoms with Gasteiger partial charge in [0.1, 0.15) is 17.8 Å². The summed E-state index contributed by atoms with van der Waals surface area (Å²) in [4.78, 5) is 26.1. The van der Waals surface area contributed by atoms with Crippen molar-refractivity contribution in [2.75, 3.05) is 20.3 Å². The normalized spacial score (nSPS) is 15.7. The Hall–Kier alpha value is -3.59. The standard InChI is InChI=1S/C22H23N3O6/c1-29-20-10-14(7-8-19(20)31-13-16-5-3-9-30-16)12-23-22(26)17-11-15-4-2-6-18(25(27)28)21(15)24-17/h2,4,6-8,10-11,16,24H,3,5,9,12-13H2,1H3,(H,23,26)/t16-/m1/s1. The van der Waals surface area contributed by atoms with Gasteiger partial charge in [-0.15, -0.1) is 0 Å². The Balaban J connectivity index is 1.41. The molecule has 1 saturated heterocycles. The van der Waals surface area contributed by atoms with E-state index in [2.05, 4.69) is 10.3 Å². The highest BCUT2D eigenvalue weighted by atomic mass is 16.6. The zero-order valence-electron chi connectivity index (χ0n) is 17.1. The number of aromatic amines is 1. The highest BCUT2D eigenvalue weighted by Crippen LogP contribution is 2.29. The van der Waals surface area contributed by atoms with Crippen LogP contribution in [0.15, 0.2) is 42.5 Å². The lowest BCUT2D eigenvalue weighted by Crippen LogP contribution is -2.23. The molecule has 1 aliphatic heterocycles. The monoisotopic (exact) mass is 425 g/mol. The van der Waals surface area contributed by atoms with E-state index in [-0.39, 0.29) is 29.9 Å². The molecule has 9 heteroatoms. The number of fused-ring (bicyclic) bond motifs is 1. The summed E-state index contributed by atoms with van der Waals surface area (Å²) in [5.74, 6) is 0.838. The van der Waals surface area contributed by atoms with Crippen molar-refractivity contribution in [3.8, 4) is 11.5 Å². The van der Waals surface area contributed by atoms with Crippen molar-refractivity contribution in [1.29, 1.82) is 0 Å². The van der Waals surface area contributed by atoms with Gasteiger partial charge in [-0.05, 0) is 36.6 Å². The first kappa shape index (κ1) is 20.7. The first-order chi connectivity index (χ1) is 15.0. The average molecular weight is 425 g/mol. The van der Waals surface area contributed by atoms with Crippen molar-refractivity contribution in [1.82, 2.24) is 10.3 Å². The lowest BCUT2D eigenvalue weighted by atomic mass is 10.2. The van der Waals surface area contributed by atoms with Gasteiger partial charge in [0.15, 0.2) is 11.5 Å². The van der Waals surface area contributed by atoms with Crippen LogP contribution in [0, 0.1) is 10.1 Å². The molecule has 4 rings (SSSR count). The number of H-pyrrole nitrogens is 1. The Labute approximate surface area is 178 Å². The van der Waals surface area contributed by atoms with Crippen molar-refractivity contribution in [3.63, 3.8) is 0 Å². The van der Waals surface area contributed by atoms with Crippen LogP contribution in [0.1, 0.15) is 28.9 Å². The van der Waals surface area contributed by atoms with E-state index in [0.717, 1.165) is 25.0 Å². The molecule has 2 heterocycles. The molecule has 2 aromatic carbocycles. The van der Waals surface area contributed by atoms with Crippen LogP contribution >= 0.6 is 0 Å². The zero-order valence-corrected chi connectivity index (χ0v) is 17.1. The summed E-state index contributed by atoms with van der Waals surface area (Å²) in [5.41, 5.74) is 1.34. The topological polar surface area (TPSA) is 116 Å². The summed E-state index contributed by atoms with van der Waals surface area (Å²) < 4.78 is 16.8. The quantitative estimate of drug-likeness (QED) is 0.421. The number of hydrogen-bond acceptors (Lipinski definition) is 6. The largest absolute Gasteiger partial charge is 0.493 e. The van der Waals surface area contributed by atoms with Crippen LogP contribution in [0.2, 0.25) is 0 Å². The van der Waals surface area contributed by atoms with Gasteiger partial charge in [-0.1, -0.05) is 18.2 Å². The Bertz CT molecular complexity index is 1100. The fraction of sp³-hybridized carbons (Fsp3) is 0.318. The van der Waals surface area contributed by atoms with Gasteiger partial charge in [0.25, 0.3) is 11.6 Å². The highest BCUT2D eigenvalue weighted by Gasteiger charge is 2.18. The third-order valence-corrected chi connectivity index (χ3v) is 5.21. The molecule has 1 amide bonds. The van der Waals surface area contributed by atoms with E-state index < -0.39 is 4.92 Å². The molecule has 0 saturated carbocycles. The fourth-order valence-electron chi connectivity index (χ4n) is 3.59. The number of nitro benzene ring substituents is 1. The number of carbonyl (C=O) groups excluding carboxylic acids is 1. The predicted octanol–water partition coefficient (Wildman–Crippen LogP) is 3.57. The molecule has 31 heavy (non-hydrogen) atoms. The molecule has 3 aromatic rings. The third kappa shape index (κ3) is 4.61. The molecule has 1 aromatic heterocycles. The van der Waals surface area contributed by atoms with Crippen molar-refractivity contribution in [2.45, 2.75) is 25.5 Å². The molecule has 1 aliphatic rings. The van der Waals surface area contributed by atoms with Gasteiger partial charge in [0, 0.05) is 24.6 Å². The number of nitro groups is 1. The number of aromatic nitrogens is 1. The predicted molar refractivity (Wildman–Crippen MR) is 114 cm³/mol. The number of amides is 1. The second kappa shape index (κ2) is 9.05. The van der Waals surface area contributed by atoms with Crippen LogP contribution in [0.3, 0.4) is 0 Å². The SMILES string of the molecule is COc1cc(CNC(=O)c2cc3cccc([N+](=O)[O-])c3[nH]2)ccc1OC[C@H]1CCCO1. The number of benzene rings is 2. The molecule has 0 bridgehead atoms. The van der Waals surface area contributed by atoms with Crippen LogP contribution in [0.4, 0.5) is 5.69 Å². The Morgan fingerprint density at radius 2 is 2.16 bits per heavy atom. The number of non-ortho nitro benzene ring substituents is 1. The number of methoxy groups -OCH3 is 1. The van der Waals surface area contributed by atoms with Crippen molar-refractivity contribution >= 4 is 22.5 Å². The second-order valence-electron chi connectivity index (χ2n) is 7.30. The van der Waals surface area contributed by atoms with Crippen molar-refractivity contribution in [3.05, 3.63) is 63.8 Å². The molecule has 1 fully saturated rings. The maximum atomic E-state index is 12.6. The minimum atomic E-state index is -0.477. The number of hydrogen-bond donors (Lipinski definition) is 2. The van der Waals surface area contributed by atoms with Crippen molar-refractivity contribution in [2.24, 2.45) is 0 Å². The van der Waals surface area contributed by atoms with Gasteiger partial charge in [-0.25, -0.2) is 0 Å². The van der Waals surface area contributed by atoms with Gasteiger partial charge in [0.2, 0.25) is 0 Å². The number of nitrogens with one attached hydrogen (secondary N) is 2. The molecule has 162 valence electrons. The number of ether oxygens (including phenoxy) is 3. The number of para-hydroxylation sites is 1. The van der Waals surface area contributed by atoms with Gasteiger partial charge < -0.3 is 24.5 Å². The van der Waals surface area contributed by atoms with E-state index in [0.29, 0.717) is 29.0 Å². The Morgan fingerprint density at radius 1 is 1.29 bits per heavy atom. The van der Waals surface area contributed by atoms with Gasteiger partial charge in [-0.2, -0.15) is 0 Å². The van der Waals surface area contributed by atoms with Crippen LogP contribution in [0.25, 0.3) is 10.9 Å². The number of rotatable bonds is 8. The lowest BCUT2D eigenvalue weighted by Gasteiger charge is -2.15. The molecular formula is C22H23N3O6. The molecule has 0 aliphatic carbocycles. The van der Waals surface area contributed by atoms with Crippen molar-refractivity contribution < 1.29 is 23.9 Å². The minimum Gasteiger partial charge on any atom is -0.493 e. The zero-order chi connectivity index (χ0) is 21.8. The average Bonchev–Trinajstić information content (AvgIpc) is 3.45. The van der Waals surface area contributed by atoms with Gasteiger partial charge >= 0.3 is 0 Å². The fourth-order valence-corrected chi connectivity index (χ4v) is 3.59. The van der Waals surface area contributed by atoms with Crippen LogP contribution < -0.4 is 14.8 Å². The maximum absolute atomic E-state index is 12.6. The summed E-state index contributed by atoms with van der Waals surface area (Å²) in [6.07, 6.45) is 2.15. The van der Waals surface area contributed by atoms with E-state index in [1.165, 1.54) is 6.07 Å². The Morgan fingerprint density at radius 3 is 2.90 bits per heavy atom. The van der Waals surface area contributed by atoms with Crippen LogP contribution in [0.5, 0.6) is 11.5 Å². The molecule has 9 nitrogen and oxygen atoms in total. The smallest absolute Gasteiger partial charge is 0.293 e. The summed E-state index contributed by atoms with van der Waals surface area (Å²) >= 11 is 0. The summed E-state index contributed by atoms with van der Waals surface area (Å²) in [6, 6.07) is 11.8. The maximum Gasteiger partial charge on any atom is 0.293 e. The molecular weight excluding hydrogens is 402 g/mol.